The molecule has 3 rings (SSSR count). The third-order valence-electron chi connectivity index (χ3n) is 3.67. The molecule has 1 aliphatic heterocycles. The number of fused-ring (bicyclic) bond motifs is 1. The first-order chi connectivity index (χ1) is 8.24. The monoisotopic (exact) mass is 312 g/mol. The predicted octanol–water partition coefficient (Wildman–Crippen LogP) is 3.65. The summed E-state index contributed by atoms with van der Waals surface area (Å²) in [6.45, 7) is 1.14. The van der Waals surface area contributed by atoms with Crippen LogP contribution in [0.2, 0.25) is 5.02 Å². The van der Waals surface area contributed by atoms with Gasteiger partial charge >= 0.3 is 0 Å². The molecule has 1 aromatic heterocycles. The Kier molecular flexibility index (Phi) is 3.24. The average molecular weight is 314 g/mol. The van der Waals surface area contributed by atoms with Gasteiger partial charge in [-0.15, -0.1) is 0 Å². The van der Waals surface area contributed by atoms with E-state index in [0.29, 0.717) is 11.1 Å². The number of aromatic nitrogens is 1. The molecule has 0 bridgehead atoms. The Bertz CT molecular complexity index is 472. The Morgan fingerprint density at radius 3 is 3.12 bits per heavy atom. The molecule has 1 fully saturated rings. The van der Waals surface area contributed by atoms with Crippen LogP contribution in [-0.2, 0) is 0 Å². The minimum atomic E-state index is 0.557. The number of halogens is 2. The van der Waals surface area contributed by atoms with Gasteiger partial charge in [-0.3, -0.25) is 0 Å². The SMILES string of the molecule is Clc1cc(C2=CC3NCCCC3C2)cnc1Br. The molecule has 1 saturated heterocycles. The van der Waals surface area contributed by atoms with Gasteiger partial charge in [-0.1, -0.05) is 17.7 Å². The highest BCUT2D eigenvalue weighted by atomic mass is 79.9. The van der Waals surface area contributed by atoms with Crippen LogP contribution in [0.4, 0.5) is 0 Å². The first-order valence-electron chi connectivity index (χ1n) is 5.99. The van der Waals surface area contributed by atoms with Crippen molar-refractivity contribution in [3.8, 4) is 0 Å². The lowest BCUT2D eigenvalue weighted by Crippen LogP contribution is -2.37. The fraction of sp³-hybridized carbons (Fsp3) is 0.462. The number of hydrogen-bond acceptors (Lipinski definition) is 2. The van der Waals surface area contributed by atoms with E-state index in [-0.39, 0.29) is 0 Å². The Hall–Kier alpha value is -0.380. The number of pyridine rings is 1. The molecule has 0 radical (unpaired) electrons. The van der Waals surface area contributed by atoms with Gasteiger partial charge in [0.25, 0.3) is 0 Å². The second-order valence-corrected chi connectivity index (χ2v) is 5.93. The van der Waals surface area contributed by atoms with Crippen molar-refractivity contribution in [2.24, 2.45) is 5.92 Å². The molecule has 0 amide bonds. The van der Waals surface area contributed by atoms with E-state index < -0.39 is 0 Å². The van der Waals surface area contributed by atoms with Crippen molar-refractivity contribution in [2.75, 3.05) is 6.54 Å². The summed E-state index contributed by atoms with van der Waals surface area (Å²) in [6, 6.07) is 2.56. The number of rotatable bonds is 1. The molecule has 1 aliphatic carbocycles. The van der Waals surface area contributed by atoms with Crippen molar-refractivity contribution < 1.29 is 0 Å². The van der Waals surface area contributed by atoms with Gasteiger partial charge in [-0.2, -0.15) is 0 Å². The highest BCUT2D eigenvalue weighted by Gasteiger charge is 2.30. The normalized spacial score (nSPS) is 27.8. The molecule has 1 aromatic rings. The van der Waals surface area contributed by atoms with E-state index in [1.807, 2.05) is 12.3 Å². The minimum absolute atomic E-state index is 0.557. The number of hydrogen-bond donors (Lipinski definition) is 1. The summed E-state index contributed by atoms with van der Waals surface area (Å²) in [4.78, 5) is 4.26. The lowest BCUT2D eigenvalue weighted by atomic mass is 9.92. The zero-order chi connectivity index (χ0) is 11.8. The van der Waals surface area contributed by atoms with E-state index in [2.05, 4.69) is 32.3 Å². The molecule has 0 spiro atoms. The van der Waals surface area contributed by atoms with Crippen LogP contribution in [0.3, 0.4) is 0 Å². The molecule has 2 unspecified atom stereocenters. The zero-order valence-electron chi connectivity index (χ0n) is 9.42. The summed E-state index contributed by atoms with van der Waals surface area (Å²) in [6.07, 6.45) is 8.03. The van der Waals surface area contributed by atoms with Crippen molar-refractivity contribution in [2.45, 2.75) is 25.3 Å². The molecule has 0 aromatic carbocycles. The van der Waals surface area contributed by atoms with Gasteiger partial charge < -0.3 is 5.32 Å². The second-order valence-electron chi connectivity index (χ2n) is 4.77. The maximum Gasteiger partial charge on any atom is 0.124 e. The fourth-order valence-corrected chi connectivity index (χ4v) is 3.16. The summed E-state index contributed by atoms with van der Waals surface area (Å²) >= 11 is 9.42. The van der Waals surface area contributed by atoms with Crippen LogP contribution in [-0.4, -0.2) is 17.6 Å². The van der Waals surface area contributed by atoms with E-state index in [4.69, 9.17) is 11.6 Å². The quantitative estimate of drug-likeness (QED) is 0.801. The van der Waals surface area contributed by atoms with E-state index in [1.54, 1.807) is 0 Å². The van der Waals surface area contributed by atoms with E-state index >= 15 is 0 Å². The molecule has 90 valence electrons. The molecule has 4 heteroatoms. The summed E-state index contributed by atoms with van der Waals surface area (Å²) in [7, 11) is 0. The van der Waals surface area contributed by atoms with Gasteiger partial charge in [-0.05, 0) is 64.9 Å². The maximum atomic E-state index is 6.09. The van der Waals surface area contributed by atoms with Crippen LogP contribution in [0.15, 0.2) is 22.9 Å². The third kappa shape index (κ3) is 2.28. The molecule has 17 heavy (non-hydrogen) atoms. The van der Waals surface area contributed by atoms with E-state index in [0.717, 1.165) is 29.1 Å². The van der Waals surface area contributed by atoms with Crippen molar-refractivity contribution in [1.82, 2.24) is 10.3 Å². The molecular weight excluding hydrogens is 300 g/mol. The molecule has 2 aliphatic rings. The van der Waals surface area contributed by atoms with Gasteiger partial charge in [-0.25, -0.2) is 4.98 Å². The van der Waals surface area contributed by atoms with Gasteiger partial charge in [0, 0.05) is 12.2 Å². The van der Waals surface area contributed by atoms with Crippen molar-refractivity contribution >= 4 is 33.1 Å². The Morgan fingerprint density at radius 1 is 1.47 bits per heavy atom. The molecule has 2 atom stereocenters. The van der Waals surface area contributed by atoms with Crippen LogP contribution in [0.25, 0.3) is 5.57 Å². The summed E-state index contributed by atoms with van der Waals surface area (Å²) < 4.78 is 0.719. The largest absolute Gasteiger partial charge is 0.310 e. The van der Waals surface area contributed by atoms with Gasteiger partial charge in [0.1, 0.15) is 4.60 Å². The zero-order valence-corrected chi connectivity index (χ0v) is 11.8. The number of nitrogens with one attached hydrogen (secondary N) is 1. The van der Waals surface area contributed by atoms with Crippen LogP contribution in [0, 0.1) is 5.92 Å². The van der Waals surface area contributed by atoms with Crippen LogP contribution < -0.4 is 5.32 Å². The average Bonchev–Trinajstić information content (AvgIpc) is 2.76. The van der Waals surface area contributed by atoms with Gasteiger partial charge in [0.05, 0.1) is 5.02 Å². The predicted molar refractivity (Wildman–Crippen MR) is 74.1 cm³/mol. The highest BCUT2D eigenvalue weighted by Crippen LogP contribution is 2.37. The van der Waals surface area contributed by atoms with Crippen LogP contribution in [0.1, 0.15) is 24.8 Å². The summed E-state index contributed by atoms with van der Waals surface area (Å²) in [5, 5.41) is 4.25. The van der Waals surface area contributed by atoms with Crippen LogP contribution in [0.5, 0.6) is 0 Å². The van der Waals surface area contributed by atoms with Crippen LogP contribution >= 0.6 is 27.5 Å². The standard InChI is InChI=1S/C13H14BrClN2/c14-13-11(15)5-10(7-17-13)9-4-8-2-1-3-16-12(8)6-9/h5-8,12,16H,1-4H2. The third-order valence-corrected chi connectivity index (χ3v) is 4.82. The molecule has 2 nitrogen and oxygen atoms in total. The summed E-state index contributed by atoms with van der Waals surface area (Å²) in [5.41, 5.74) is 2.55. The lowest BCUT2D eigenvalue weighted by molar-refractivity contribution is 0.341. The second kappa shape index (κ2) is 4.71. The lowest BCUT2D eigenvalue weighted by Gasteiger charge is -2.25. The van der Waals surface area contributed by atoms with Crippen molar-refractivity contribution in [1.29, 1.82) is 0 Å². The van der Waals surface area contributed by atoms with Gasteiger partial charge in [0.2, 0.25) is 0 Å². The Balaban J connectivity index is 1.87. The van der Waals surface area contributed by atoms with Gasteiger partial charge in [0.15, 0.2) is 0 Å². The molecule has 0 saturated carbocycles. The number of piperidine rings is 1. The van der Waals surface area contributed by atoms with E-state index in [1.165, 1.54) is 18.4 Å². The Labute approximate surface area is 115 Å². The molecule has 2 heterocycles. The van der Waals surface area contributed by atoms with E-state index in [9.17, 15) is 0 Å². The smallest absolute Gasteiger partial charge is 0.124 e. The topological polar surface area (TPSA) is 24.9 Å². The first kappa shape index (κ1) is 11.7. The highest BCUT2D eigenvalue weighted by molar-refractivity contribution is 9.10. The first-order valence-corrected chi connectivity index (χ1v) is 7.16. The van der Waals surface area contributed by atoms with Crippen molar-refractivity contribution in [3.05, 3.63) is 33.5 Å². The number of allylic oxidation sites excluding steroid dienone is 1. The fourth-order valence-electron chi connectivity index (χ4n) is 2.78. The maximum absolute atomic E-state index is 6.09. The summed E-state index contributed by atoms with van der Waals surface area (Å²) in [5.74, 6) is 0.765. The Morgan fingerprint density at radius 2 is 2.35 bits per heavy atom. The van der Waals surface area contributed by atoms with Crippen molar-refractivity contribution in [3.63, 3.8) is 0 Å². The molecule has 1 N–H and O–H groups in total. The number of nitrogens with zero attached hydrogens (tertiary/aromatic N) is 1. The molecular formula is C13H14BrClN2. The minimum Gasteiger partial charge on any atom is -0.310 e.